The molecule has 0 radical (unpaired) electrons. The largest absolute Gasteiger partial charge is 0.423 e. The van der Waals surface area contributed by atoms with E-state index in [-0.39, 0.29) is 12.0 Å². The second kappa shape index (κ2) is 8.05. The van der Waals surface area contributed by atoms with Gasteiger partial charge in [0, 0.05) is 39.4 Å². The Kier molecular flexibility index (Phi) is 5.36. The highest BCUT2D eigenvalue weighted by molar-refractivity contribution is 5.77. The van der Waals surface area contributed by atoms with Crippen LogP contribution in [-0.2, 0) is 14.3 Å². The zero-order chi connectivity index (χ0) is 17.8. The van der Waals surface area contributed by atoms with Crippen LogP contribution >= 0.6 is 0 Å². The van der Waals surface area contributed by atoms with E-state index in [0.29, 0.717) is 32.1 Å². The van der Waals surface area contributed by atoms with Crippen molar-refractivity contribution >= 4 is 23.0 Å². The van der Waals surface area contributed by atoms with E-state index in [4.69, 9.17) is 13.9 Å². The first-order valence-corrected chi connectivity index (χ1v) is 9.37. The molecule has 2 fully saturated rings. The van der Waals surface area contributed by atoms with Crippen molar-refractivity contribution < 1.29 is 18.7 Å². The van der Waals surface area contributed by atoms with E-state index in [0.717, 1.165) is 50.2 Å². The maximum Gasteiger partial charge on any atom is 0.298 e. The number of hydrogen-bond acceptors (Lipinski definition) is 6. The van der Waals surface area contributed by atoms with Crippen LogP contribution in [0.1, 0.15) is 19.3 Å². The molecule has 4 rings (SSSR count). The molecular formula is C19H25N3O4. The maximum absolute atomic E-state index is 12.4. The maximum atomic E-state index is 12.4. The lowest BCUT2D eigenvalue weighted by atomic mass is 10.1. The van der Waals surface area contributed by atoms with Gasteiger partial charge in [-0.25, -0.2) is 0 Å². The van der Waals surface area contributed by atoms with Gasteiger partial charge in [-0.1, -0.05) is 12.1 Å². The Balaban J connectivity index is 1.23. The molecule has 3 heterocycles. The second-order valence-corrected chi connectivity index (χ2v) is 6.76. The first kappa shape index (κ1) is 17.3. The minimum atomic E-state index is 0.161. The molecule has 0 unspecified atom stereocenters. The van der Waals surface area contributed by atoms with Gasteiger partial charge in [0.1, 0.15) is 5.52 Å². The van der Waals surface area contributed by atoms with Crippen molar-refractivity contribution in [2.24, 2.45) is 0 Å². The summed E-state index contributed by atoms with van der Waals surface area (Å²) in [5.74, 6) is 0.161. The number of para-hydroxylation sites is 2. The molecule has 0 saturated carbocycles. The van der Waals surface area contributed by atoms with E-state index in [1.807, 2.05) is 29.2 Å². The molecule has 2 aliphatic heterocycles. The molecule has 0 bridgehead atoms. The highest BCUT2D eigenvalue weighted by atomic mass is 16.5. The minimum absolute atomic E-state index is 0.161. The van der Waals surface area contributed by atoms with Crippen LogP contribution in [0.2, 0.25) is 0 Å². The van der Waals surface area contributed by atoms with Gasteiger partial charge in [0.25, 0.3) is 6.01 Å². The number of carbonyl (C=O) groups is 1. The van der Waals surface area contributed by atoms with Crippen LogP contribution in [0.25, 0.3) is 11.1 Å². The molecule has 1 amide bonds. The third kappa shape index (κ3) is 3.99. The predicted octanol–water partition coefficient (Wildman–Crippen LogP) is 2.06. The monoisotopic (exact) mass is 359 g/mol. The summed E-state index contributed by atoms with van der Waals surface area (Å²) in [6.45, 7) is 4.87. The Bertz CT molecular complexity index is 700. The number of hydrogen-bond donors (Lipinski definition) is 0. The summed E-state index contributed by atoms with van der Waals surface area (Å²) in [6, 6.07) is 8.40. The number of ether oxygens (including phenoxy) is 2. The Labute approximate surface area is 152 Å². The van der Waals surface area contributed by atoms with Gasteiger partial charge in [0.15, 0.2) is 5.58 Å². The van der Waals surface area contributed by atoms with Crippen LogP contribution in [0.4, 0.5) is 6.01 Å². The molecular weight excluding hydrogens is 334 g/mol. The molecule has 1 aromatic carbocycles. The van der Waals surface area contributed by atoms with E-state index in [2.05, 4.69) is 9.88 Å². The number of piperazine rings is 1. The summed E-state index contributed by atoms with van der Waals surface area (Å²) >= 11 is 0. The molecule has 140 valence electrons. The van der Waals surface area contributed by atoms with Gasteiger partial charge >= 0.3 is 0 Å². The fourth-order valence-electron chi connectivity index (χ4n) is 3.46. The third-order valence-electron chi connectivity index (χ3n) is 5.02. The molecule has 2 aromatic rings. The van der Waals surface area contributed by atoms with Crippen molar-refractivity contribution in [1.82, 2.24) is 9.88 Å². The summed E-state index contributed by atoms with van der Waals surface area (Å²) in [7, 11) is 0. The van der Waals surface area contributed by atoms with Gasteiger partial charge in [0.05, 0.1) is 19.1 Å². The topological polar surface area (TPSA) is 68.0 Å². The van der Waals surface area contributed by atoms with E-state index in [1.165, 1.54) is 0 Å². The van der Waals surface area contributed by atoms with Crippen LogP contribution in [0.5, 0.6) is 0 Å². The first-order chi connectivity index (χ1) is 12.8. The quantitative estimate of drug-likeness (QED) is 0.814. The molecule has 0 aliphatic carbocycles. The van der Waals surface area contributed by atoms with Gasteiger partial charge in [-0.3, -0.25) is 4.79 Å². The summed E-state index contributed by atoms with van der Waals surface area (Å²) in [5, 5.41) is 0. The lowest BCUT2D eigenvalue weighted by Crippen LogP contribution is -2.49. The highest BCUT2D eigenvalue weighted by Crippen LogP contribution is 2.22. The van der Waals surface area contributed by atoms with Crippen molar-refractivity contribution in [3.8, 4) is 0 Å². The van der Waals surface area contributed by atoms with Crippen LogP contribution < -0.4 is 4.90 Å². The van der Waals surface area contributed by atoms with Crippen LogP contribution in [0, 0.1) is 0 Å². The van der Waals surface area contributed by atoms with Gasteiger partial charge in [-0.2, -0.15) is 4.98 Å². The van der Waals surface area contributed by atoms with Gasteiger partial charge in [-0.15, -0.1) is 0 Å². The number of oxazole rings is 1. The van der Waals surface area contributed by atoms with Gasteiger partial charge < -0.3 is 23.7 Å². The van der Waals surface area contributed by atoms with E-state index in [9.17, 15) is 4.79 Å². The van der Waals surface area contributed by atoms with E-state index in [1.54, 1.807) is 0 Å². The summed E-state index contributed by atoms with van der Waals surface area (Å²) in [6.07, 6.45) is 2.54. The molecule has 1 aromatic heterocycles. The molecule has 2 aliphatic rings. The predicted molar refractivity (Wildman–Crippen MR) is 97.2 cm³/mol. The number of fused-ring (bicyclic) bond motifs is 1. The Hall–Kier alpha value is -2.12. The van der Waals surface area contributed by atoms with E-state index < -0.39 is 0 Å². The number of rotatable bonds is 5. The Morgan fingerprint density at radius 1 is 1.15 bits per heavy atom. The Morgan fingerprint density at radius 3 is 2.69 bits per heavy atom. The molecule has 0 N–H and O–H groups in total. The van der Waals surface area contributed by atoms with Crippen molar-refractivity contribution in [3.05, 3.63) is 24.3 Å². The lowest BCUT2D eigenvalue weighted by molar-refractivity contribution is -0.133. The normalized spacial score (nSPS) is 19.2. The highest BCUT2D eigenvalue weighted by Gasteiger charge is 2.24. The van der Waals surface area contributed by atoms with Gasteiger partial charge in [-0.05, 0) is 25.0 Å². The zero-order valence-electron chi connectivity index (χ0n) is 14.9. The Morgan fingerprint density at radius 2 is 1.92 bits per heavy atom. The van der Waals surface area contributed by atoms with Crippen LogP contribution in [-0.4, -0.2) is 67.9 Å². The molecule has 7 heteroatoms. The van der Waals surface area contributed by atoms with Crippen molar-refractivity contribution in [2.75, 3.05) is 50.9 Å². The zero-order valence-corrected chi connectivity index (χ0v) is 14.9. The SMILES string of the molecule is O=C(CCOC1CCOCC1)N1CCN(c2nc3ccccc3o2)CC1. The number of amides is 1. The number of aromatic nitrogens is 1. The lowest BCUT2D eigenvalue weighted by Gasteiger charge is -2.34. The molecule has 2 saturated heterocycles. The molecule has 7 nitrogen and oxygen atoms in total. The van der Waals surface area contributed by atoms with Crippen molar-refractivity contribution in [2.45, 2.75) is 25.4 Å². The average Bonchev–Trinajstić information content (AvgIpc) is 3.13. The summed E-state index contributed by atoms with van der Waals surface area (Å²) in [4.78, 5) is 20.9. The smallest absolute Gasteiger partial charge is 0.298 e. The fourth-order valence-corrected chi connectivity index (χ4v) is 3.46. The summed E-state index contributed by atoms with van der Waals surface area (Å²) < 4.78 is 16.9. The second-order valence-electron chi connectivity index (χ2n) is 6.76. The van der Waals surface area contributed by atoms with Crippen molar-refractivity contribution in [3.63, 3.8) is 0 Å². The van der Waals surface area contributed by atoms with Crippen molar-refractivity contribution in [1.29, 1.82) is 0 Å². The molecule has 0 spiro atoms. The fraction of sp³-hybridized carbons (Fsp3) is 0.579. The van der Waals surface area contributed by atoms with E-state index >= 15 is 0 Å². The number of nitrogens with zero attached hydrogens (tertiary/aromatic N) is 3. The average molecular weight is 359 g/mol. The number of benzene rings is 1. The first-order valence-electron chi connectivity index (χ1n) is 9.37. The number of anilines is 1. The van der Waals surface area contributed by atoms with Gasteiger partial charge in [0.2, 0.25) is 5.91 Å². The number of carbonyl (C=O) groups excluding carboxylic acids is 1. The molecule has 26 heavy (non-hydrogen) atoms. The van der Waals surface area contributed by atoms with Crippen LogP contribution in [0.15, 0.2) is 28.7 Å². The standard InChI is InChI=1S/C19H25N3O4/c23-18(7-14-25-15-5-12-24-13-6-15)21-8-10-22(11-9-21)19-20-16-3-1-2-4-17(16)26-19/h1-4,15H,5-14H2. The molecule has 0 atom stereocenters. The third-order valence-corrected chi connectivity index (χ3v) is 5.02. The van der Waals surface area contributed by atoms with Crippen LogP contribution in [0.3, 0.4) is 0 Å². The minimum Gasteiger partial charge on any atom is -0.423 e. The summed E-state index contributed by atoms with van der Waals surface area (Å²) in [5.41, 5.74) is 1.66.